The number of amides is 1. The zero-order valence-electron chi connectivity index (χ0n) is 8.97. The minimum absolute atomic E-state index is 0.0146. The molecule has 1 N–H and O–H groups in total. The molecule has 0 aliphatic carbocycles. The second-order valence-electron chi connectivity index (χ2n) is 2.99. The third-order valence-electron chi connectivity index (χ3n) is 1.82. The van der Waals surface area contributed by atoms with Crippen LogP contribution in [0.5, 0.6) is 0 Å². The summed E-state index contributed by atoms with van der Waals surface area (Å²) in [4.78, 5) is 11.3. The fraction of sp³-hybridized carbons (Fsp3) is 0.182. The summed E-state index contributed by atoms with van der Waals surface area (Å²) in [5.41, 5.74) is 1.06. The second-order valence-corrected chi connectivity index (χ2v) is 5.18. The van der Waals surface area contributed by atoms with E-state index in [1.54, 1.807) is 6.92 Å². The highest BCUT2D eigenvalue weighted by Gasteiger charge is 2.11. The molecule has 1 amide bonds. The summed E-state index contributed by atoms with van der Waals surface area (Å²) in [6.07, 6.45) is -0.583. The van der Waals surface area contributed by atoms with Gasteiger partial charge in [-0.2, -0.15) is 0 Å². The SMILES string of the molecule is CCOC(=O)NC(=C(Cl)Cl)c1ccc(I)cc1. The molecule has 6 heteroatoms. The monoisotopic (exact) mass is 385 g/mol. The van der Waals surface area contributed by atoms with Crippen molar-refractivity contribution in [2.24, 2.45) is 0 Å². The van der Waals surface area contributed by atoms with Crippen LogP contribution in [0.3, 0.4) is 0 Å². The summed E-state index contributed by atoms with van der Waals surface area (Å²) in [7, 11) is 0. The highest BCUT2D eigenvalue weighted by atomic mass is 127. The van der Waals surface area contributed by atoms with E-state index >= 15 is 0 Å². The number of hydrogen-bond donors (Lipinski definition) is 1. The molecule has 0 aliphatic rings. The Hall–Kier alpha value is -0.460. The molecule has 0 atom stereocenters. The molecule has 0 saturated carbocycles. The number of carbonyl (C=O) groups excluding carboxylic acids is 1. The fourth-order valence-electron chi connectivity index (χ4n) is 1.11. The van der Waals surface area contributed by atoms with E-state index in [-0.39, 0.29) is 11.1 Å². The molecule has 92 valence electrons. The Morgan fingerprint density at radius 2 is 1.94 bits per heavy atom. The first-order valence-electron chi connectivity index (χ1n) is 4.79. The Kier molecular flexibility index (Phi) is 6.08. The van der Waals surface area contributed by atoms with Crippen LogP contribution in [0, 0.1) is 3.57 Å². The number of ether oxygens (including phenoxy) is 1. The molecule has 0 fully saturated rings. The van der Waals surface area contributed by atoms with Crippen molar-refractivity contribution in [1.29, 1.82) is 0 Å². The number of benzene rings is 1. The fourth-order valence-corrected chi connectivity index (χ4v) is 1.79. The maximum absolute atomic E-state index is 11.3. The minimum atomic E-state index is -0.583. The number of rotatable bonds is 3. The van der Waals surface area contributed by atoms with Gasteiger partial charge in [-0.25, -0.2) is 4.79 Å². The summed E-state index contributed by atoms with van der Waals surface area (Å²) >= 11 is 13.7. The van der Waals surface area contributed by atoms with Crippen LogP contribution >= 0.6 is 45.8 Å². The van der Waals surface area contributed by atoms with Gasteiger partial charge in [-0.3, -0.25) is 5.32 Å². The van der Waals surface area contributed by atoms with Crippen molar-refractivity contribution in [2.45, 2.75) is 6.92 Å². The first-order chi connectivity index (χ1) is 8.04. The summed E-state index contributed by atoms with van der Waals surface area (Å²) in [5, 5.41) is 2.51. The number of halogens is 3. The average Bonchev–Trinajstić information content (AvgIpc) is 2.27. The van der Waals surface area contributed by atoms with Gasteiger partial charge in [0.05, 0.1) is 12.3 Å². The van der Waals surface area contributed by atoms with E-state index < -0.39 is 6.09 Å². The van der Waals surface area contributed by atoms with Crippen LogP contribution in [0.1, 0.15) is 12.5 Å². The number of carbonyl (C=O) groups is 1. The van der Waals surface area contributed by atoms with Crippen LogP contribution in [-0.2, 0) is 4.74 Å². The highest BCUT2D eigenvalue weighted by molar-refractivity contribution is 14.1. The van der Waals surface area contributed by atoms with E-state index in [9.17, 15) is 4.79 Å². The van der Waals surface area contributed by atoms with Gasteiger partial charge < -0.3 is 4.74 Å². The first-order valence-corrected chi connectivity index (χ1v) is 6.63. The Morgan fingerprint density at radius 1 is 1.35 bits per heavy atom. The lowest BCUT2D eigenvalue weighted by Crippen LogP contribution is -2.23. The minimum Gasteiger partial charge on any atom is -0.450 e. The smallest absolute Gasteiger partial charge is 0.411 e. The lowest BCUT2D eigenvalue weighted by molar-refractivity contribution is 0.157. The molecule has 0 heterocycles. The van der Waals surface area contributed by atoms with Gasteiger partial charge in [0, 0.05) is 9.13 Å². The van der Waals surface area contributed by atoms with Crippen LogP contribution in [-0.4, -0.2) is 12.7 Å². The molecule has 1 aromatic rings. The zero-order valence-corrected chi connectivity index (χ0v) is 12.6. The molecule has 0 spiro atoms. The molecular formula is C11H10Cl2INO2. The average molecular weight is 386 g/mol. The van der Waals surface area contributed by atoms with Crippen LogP contribution < -0.4 is 5.32 Å². The van der Waals surface area contributed by atoms with Crippen LogP contribution in [0.4, 0.5) is 4.79 Å². The normalized spacial score (nSPS) is 9.65. The second kappa shape index (κ2) is 7.08. The van der Waals surface area contributed by atoms with Crippen molar-refractivity contribution >= 4 is 57.6 Å². The summed E-state index contributed by atoms with van der Waals surface area (Å²) in [6, 6.07) is 7.40. The summed E-state index contributed by atoms with van der Waals surface area (Å²) in [5.74, 6) is 0. The Labute approximate surface area is 123 Å². The number of hydrogen-bond acceptors (Lipinski definition) is 2. The Morgan fingerprint density at radius 3 is 2.41 bits per heavy atom. The van der Waals surface area contributed by atoms with E-state index in [0.717, 1.165) is 9.13 Å². The van der Waals surface area contributed by atoms with Gasteiger partial charge in [0.25, 0.3) is 0 Å². The van der Waals surface area contributed by atoms with Gasteiger partial charge in [-0.1, -0.05) is 35.3 Å². The van der Waals surface area contributed by atoms with Gasteiger partial charge in [0.15, 0.2) is 0 Å². The van der Waals surface area contributed by atoms with E-state index in [0.29, 0.717) is 5.70 Å². The molecule has 1 aromatic carbocycles. The molecular weight excluding hydrogens is 376 g/mol. The van der Waals surface area contributed by atoms with E-state index in [1.807, 2.05) is 24.3 Å². The van der Waals surface area contributed by atoms with Crippen molar-refractivity contribution < 1.29 is 9.53 Å². The molecule has 0 unspecified atom stereocenters. The summed E-state index contributed by atoms with van der Waals surface area (Å²) < 4.78 is 5.83. The number of nitrogens with one attached hydrogen (secondary N) is 1. The zero-order chi connectivity index (χ0) is 12.8. The molecule has 17 heavy (non-hydrogen) atoms. The standard InChI is InChI=1S/C11H10Cl2INO2/c1-2-17-11(16)15-9(10(12)13)7-3-5-8(14)6-4-7/h3-6H,2H2,1H3,(H,15,16). The van der Waals surface area contributed by atoms with Gasteiger partial charge in [0.1, 0.15) is 4.49 Å². The van der Waals surface area contributed by atoms with Crippen molar-refractivity contribution in [3.05, 3.63) is 37.9 Å². The topological polar surface area (TPSA) is 38.3 Å². The van der Waals surface area contributed by atoms with Gasteiger partial charge in [0.2, 0.25) is 0 Å². The molecule has 0 aromatic heterocycles. The van der Waals surface area contributed by atoms with Gasteiger partial charge in [-0.15, -0.1) is 0 Å². The quantitative estimate of drug-likeness (QED) is 0.794. The van der Waals surface area contributed by atoms with Crippen molar-refractivity contribution in [3.8, 4) is 0 Å². The van der Waals surface area contributed by atoms with E-state index in [2.05, 4.69) is 27.9 Å². The first kappa shape index (κ1) is 14.6. The number of alkyl carbamates (subject to hydrolysis) is 1. The van der Waals surface area contributed by atoms with Crippen LogP contribution in [0.25, 0.3) is 5.70 Å². The third kappa shape index (κ3) is 4.73. The van der Waals surface area contributed by atoms with Gasteiger partial charge in [-0.05, 0) is 41.6 Å². The molecule has 0 saturated heterocycles. The molecule has 0 aliphatic heterocycles. The predicted molar refractivity (Wildman–Crippen MR) is 77.9 cm³/mol. The molecule has 0 radical (unpaired) electrons. The Bertz CT molecular complexity index is 428. The van der Waals surface area contributed by atoms with E-state index in [4.69, 9.17) is 27.9 Å². The third-order valence-corrected chi connectivity index (χ3v) is 2.92. The largest absolute Gasteiger partial charge is 0.450 e. The van der Waals surface area contributed by atoms with Gasteiger partial charge >= 0.3 is 6.09 Å². The van der Waals surface area contributed by atoms with Crippen molar-refractivity contribution in [2.75, 3.05) is 6.61 Å². The van der Waals surface area contributed by atoms with E-state index in [1.165, 1.54) is 0 Å². The predicted octanol–water partition coefficient (Wildman–Crippen LogP) is 4.14. The molecule has 1 rings (SSSR count). The van der Waals surface area contributed by atoms with Crippen LogP contribution in [0.2, 0.25) is 0 Å². The van der Waals surface area contributed by atoms with Crippen molar-refractivity contribution in [1.82, 2.24) is 5.32 Å². The highest BCUT2D eigenvalue weighted by Crippen LogP contribution is 2.22. The lowest BCUT2D eigenvalue weighted by atomic mass is 10.2. The summed E-state index contributed by atoms with van der Waals surface area (Å²) in [6.45, 7) is 2.00. The maximum Gasteiger partial charge on any atom is 0.411 e. The molecule has 0 bridgehead atoms. The maximum atomic E-state index is 11.3. The molecule has 3 nitrogen and oxygen atoms in total. The lowest BCUT2D eigenvalue weighted by Gasteiger charge is -2.10. The van der Waals surface area contributed by atoms with Crippen molar-refractivity contribution in [3.63, 3.8) is 0 Å². The Balaban J connectivity index is 2.92. The van der Waals surface area contributed by atoms with Crippen LogP contribution in [0.15, 0.2) is 28.8 Å².